The molecule has 0 aliphatic rings. The lowest BCUT2D eigenvalue weighted by molar-refractivity contribution is 0.304. The Morgan fingerprint density at radius 2 is 1.74 bits per heavy atom. The molecule has 0 bridgehead atoms. The second-order valence-electron chi connectivity index (χ2n) is 11.9. The summed E-state index contributed by atoms with van der Waals surface area (Å²) in [6.45, 7) is 15.9. The maximum Gasteiger partial charge on any atom is 0.189 e. The molecule has 228 valence electrons. The van der Waals surface area contributed by atoms with Crippen molar-refractivity contribution in [3.63, 3.8) is 0 Å². The molecule has 3 heterocycles. The third-order valence-electron chi connectivity index (χ3n) is 7.48. The minimum absolute atomic E-state index is 0.202. The number of ether oxygens (including phenoxy) is 2. The lowest BCUT2D eigenvalue weighted by Gasteiger charge is -2.19. The highest BCUT2D eigenvalue weighted by molar-refractivity contribution is 7.16. The van der Waals surface area contributed by atoms with Gasteiger partial charge in [-0.05, 0) is 44.0 Å². The first-order valence-corrected chi connectivity index (χ1v) is 16.4. The van der Waals surface area contributed by atoms with Crippen molar-refractivity contribution in [3.8, 4) is 22.9 Å². The van der Waals surface area contributed by atoms with E-state index >= 15 is 0 Å². The Kier molecular flexibility index (Phi) is 11.2. The summed E-state index contributed by atoms with van der Waals surface area (Å²) in [5.41, 5.74) is 2.27. The van der Waals surface area contributed by atoms with Gasteiger partial charge in [-0.2, -0.15) is 9.61 Å². The maximum absolute atomic E-state index is 6.13. The SMILES string of the molecule is CCCCCCCCOc1ccc(OC)c(-c2nnc3/c(=C\c4ncc(N(CC)CCCC)s4)c(C(C)(C)C)nn23)c1. The zero-order valence-electron chi connectivity index (χ0n) is 26.6. The van der Waals surface area contributed by atoms with Gasteiger partial charge in [0.05, 0.1) is 31.2 Å². The summed E-state index contributed by atoms with van der Waals surface area (Å²) in [6.07, 6.45) is 13.8. The van der Waals surface area contributed by atoms with Crippen molar-refractivity contribution in [2.45, 2.75) is 98.3 Å². The van der Waals surface area contributed by atoms with E-state index in [1.165, 1.54) is 49.9 Å². The second kappa shape index (κ2) is 14.8. The number of methoxy groups -OCH3 is 1. The van der Waals surface area contributed by atoms with E-state index in [-0.39, 0.29) is 5.41 Å². The van der Waals surface area contributed by atoms with Crippen LogP contribution in [0.1, 0.15) is 104 Å². The Balaban J connectivity index is 1.67. The van der Waals surface area contributed by atoms with E-state index in [0.717, 1.165) is 46.7 Å². The molecule has 0 N–H and O–H groups in total. The Labute approximate surface area is 255 Å². The van der Waals surface area contributed by atoms with Crippen LogP contribution in [0.5, 0.6) is 11.5 Å². The summed E-state index contributed by atoms with van der Waals surface area (Å²) in [5.74, 6) is 2.14. The van der Waals surface area contributed by atoms with Crippen LogP contribution in [0.15, 0.2) is 24.4 Å². The molecule has 0 aliphatic heterocycles. The van der Waals surface area contributed by atoms with Crippen LogP contribution >= 0.6 is 11.3 Å². The van der Waals surface area contributed by atoms with Crippen molar-refractivity contribution in [2.24, 2.45) is 0 Å². The lowest BCUT2D eigenvalue weighted by atomic mass is 9.91. The van der Waals surface area contributed by atoms with Gasteiger partial charge in [0.15, 0.2) is 11.5 Å². The summed E-state index contributed by atoms with van der Waals surface area (Å²) >= 11 is 1.71. The molecule has 0 amide bonds. The van der Waals surface area contributed by atoms with Gasteiger partial charge >= 0.3 is 0 Å². The minimum Gasteiger partial charge on any atom is -0.496 e. The molecule has 0 atom stereocenters. The fourth-order valence-corrected chi connectivity index (χ4v) is 6.02. The fraction of sp³-hybridized carbons (Fsp3) is 0.576. The molecule has 0 spiro atoms. The highest BCUT2D eigenvalue weighted by Crippen LogP contribution is 2.33. The topological polar surface area (TPSA) is 77.7 Å². The molecule has 3 aromatic heterocycles. The van der Waals surface area contributed by atoms with E-state index in [2.05, 4.69) is 62.7 Å². The smallest absolute Gasteiger partial charge is 0.189 e. The monoisotopic (exact) mass is 592 g/mol. The van der Waals surface area contributed by atoms with E-state index < -0.39 is 0 Å². The number of hydrogen-bond acceptors (Lipinski definition) is 8. The molecule has 0 unspecified atom stereocenters. The van der Waals surface area contributed by atoms with Crippen molar-refractivity contribution in [1.29, 1.82) is 0 Å². The van der Waals surface area contributed by atoms with Gasteiger partial charge in [-0.3, -0.25) is 0 Å². The van der Waals surface area contributed by atoms with Crippen molar-refractivity contribution in [1.82, 2.24) is 24.8 Å². The first-order chi connectivity index (χ1) is 20.3. The highest BCUT2D eigenvalue weighted by Gasteiger charge is 2.25. The van der Waals surface area contributed by atoms with Gasteiger partial charge in [0.2, 0.25) is 0 Å². The molecule has 0 saturated heterocycles. The summed E-state index contributed by atoms with van der Waals surface area (Å²) in [4.78, 5) is 7.15. The van der Waals surface area contributed by atoms with Crippen molar-refractivity contribution in [2.75, 3.05) is 31.7 Å². The number of aromatic nitrogens is 5. The molecule has 0 fully saturated rings. The Morgan fingerprint density at radius 1 is 0.976 bits per heavy atom. The molecule has 1 aromatic carbocycles. The van der Waals surface area contributed by atoms with E-state index in [1.54, 1.807) is 18.4 Å². The largest absolute Gasteiger partial charge is 0.496 e. The third kappa shape index (κ3) is 7.60. The standard InChI is InChI=1S/C33H48N6O2S/c1-8-11-13-14-15-16-20-41-24-17-18-27(40-7)25(21-24)31-35-36-32-26(30(33(4,5)6)37-39(31)32)22-28-34-23-29(42-28)38(10-3)19-12-9-2/h17-18,21-23H,8-16,19-20H2,1-7H3/b26-22-. The van der Waals surface area contributed by atoms with Crippen molar-refractivity contribution in [3.05, 3.63) is 40.3 Å². The van der Waals surface area contributed by atoms with Crippen LogP contribution in [-0.4, -0.2) is 51.6 Å². The molecule has 9 heteroatoms. The van der Waals surface area contributed by atoms with E-state index in [4.69, 9.17) is 19.6 Å². The first-order valence-electron chi connectivity index (χ1n) is 15.6. The van der Waals surface area contributed by atoms with Crippen LogP contribution in [0, 0.1) is 0 Å². The lowest BCUT2D eigenvalue weighted by Crippen LogP contribution is -2.22. The second-order valence-corrected chi connectivity index (χ2v) is 12.9. The van der Waals surface area contributed by atoms with Crippen molar-refractivity contribution >= 4 is 28.1 Å². The quantitative estimate of drug-likeness (QED) is 0.125. The number of benzene rings is 1. The highest BCUT2D eigenvalue weighted by atomic mass is 32.1. The maximum atomic E-state index is 6.13. The molecule has 4 aromatic rings. The van der Waals surface area contributed by atoms with E-state index in [1.807, 2.05) is 28.9 Å². The summed E-state index contributed by atoms with van der Waals surface area (Å²) < 4.78 is 13.7. The summed E-state index contributed by atoms with van der Waals surface area (Å²) in [6, 6.07) is 5.88. The minimum atomic E-state index is -0.202. The van der Waals surface area contributed by atoms with Crippen LogP contribution in [0.3, 0.4) is 0 Å². The zero-order chi connectivity index (χ0) is 30.1. The first kappa shape index (κ1) is 31.7. The van der Waals surface area contributed by atoms with Gasteiger partial charge in [-0.15, -0.1) is 10.2 Å². The number of nitrogens with zero attached hydrogens (tertiary/aromatic N) is 6. The predicted octanol–water partition coefficient (Wildman–Crippen LogP) is 7.47. The Hall–Kier alpha value is -3.20. The molecular weight excluding hydrogens is 544 g/mol. The van der Waals surface area contributed by atoms with Crippen molar-refractivity contribution < 1.29 is 9.47 Å². The van der Waals surface area contributed by atoms with Gasteiger partial charge < -0.3 is 14.4 Å². The third-order valence-corrected chi connectivity index (χ3v) is 8.48. The van der Waals surface area contributed by atoms with Crippen LogP contribution < -0.4 is 19.6 Å². The number of unbranched alkanes of at least 4 members (excludes halogenated alkanes) is 6. The van der Waals surface area contributed by atoms with Gasteiger partial charge in [-0.1, -0.05) is 84.5 Å². The number of thiazole rings is 1. The van der Waals surface area contributed by atoms with Crippen LogP contribution in [0.2, 0.25) is 0 Å². The van der Waals surface area contributed by atoms with E-state index in [9.17, 15) is 0 Å². The summed E-state index contributed by atoms with van der Waals surface area (Å²) in [5, 5.41) is 17.4. The molecule has 8 nitrogen and oxygen atoms in total. The molecule has 0 aliphatic carbocycles. The molecule has 0 radical (unpaired) electrons. The molecule has 0 saturated carbocycles. The molecular formula is C33H48N6O2S. The Morgan fingerprint density at radius 3 is 2.45 bits per heavy atom. The van der Waals surface area contributed by atoms with Gasteiger partial charge in [-0.25, -0.2) is 4.98 Å². The van der Waals surface area contributed by atoms with E-state index in [0.29, 0.717) is 23.8 Å². The van der Waals surface area contributed by atoms with Crippen LogP contribution in [-0.2, 0) is 5.41 Å². The normalized spacial score (nSPS) is 12.4. The number of rotatable bonds is 16. The number of hydrogen-bond donors (Lipinski definition) is 0. The fourth-order valence-electron chi connectivity index (χ4n) is 5.07. The van der Waals surface area contributed by atoms with Crippen LogP contribution in [0.4, 0.5) is 5.00 Å². The van der Waals surface area contributed by atoms with Gasteiger partial charge in [0.1, 0.15) is 21.5 Å². The van der Waals surface area contributed by atoms with Gasteiger partial charge in [0.25, 0.3) is 0 Å². The molecule has 4 rings (SSSR count). The predicted molar refractivity (Wildman–Crippen MR) is 174 cm³/mol. The van der Waals surface area contributed by atoms with Crippen LogP contribution in [0.25, 0.3) is 23.1 Å². The van der Waals surface area contributed by atoms with Gasteiger partial charge in [0, 0.05) is 23.7 Å². The Bertz CT molecular complexity index is 1470. The molecule has 42 heavy (non-hydrogen) atoms. The zero-order valence-corrected chi connectivity index (χ0v) is 27.4. The average Bonchev–Trinajstić information content (AvgIpc) is 3.69. The summed E-state index contributed by atoms with van der Waals surface area (Å²) in [7, 11) is 1.67. The number of anilines is 1. The average molecular weight is 593 g/mol. The number of fused-ring (bicyclic) bond motifs is 1.